The van der Waals surface area contributed by atoms with Gasteiger partial charge in [0.2, 0.25) is 0 Å². The van der Waals surface area contributed by atoms with Crippen LogP contribution in [0.3, 0.4) is 0 Å². The number of aromatic nitrogens is 1. The van der Waals surface area contributed by atoms with Gasteiger partial charge in [0.25, 0.3) is 11.8 Å². The molecule has 0 radical (unpaired) electrons. The van der Waals surface area contributed by atoms with Gasteiger partial charge in [-0.25, -0.2) is 0 Å². The minimum absolute atomic E-state index is 0.0950. The Morgan fingerprint density at radius 2 is 1.83 bits per heavy atom. The number of rotatable bonds is 3. The number of hydrogen-bond donors (Lipinski definition) is 1. The van der Waals surface area contributed by atoms with Crippen molar-refractivity contribution in [1.29, 1.82) is 0 Å². The zero-order chi connectivity index (χ0) is 21.6. The quantitative estimate of drug-likeness (QED) is 0.372. The topological polar surface area (TPSA) is 54.3 Å². The molecule has 1 saturated carbocycles. The molecule has 2 aliphatic rings. The summed E-state index contributed by atoms with van der Waals surface area (Å²) < 4.78 is 3.27. The van der Waals surface area contributed by atoms with Gasteiger partial charge < -0.3 is 4.57 Å². The second-order valence-electron chi connectivity index (χ2n) is 8.02. The van der Waals surface area contributed by atoms with Gasteiger partial charge in [0.1, 0.15) is 5.57 Å². The molecule has 1 saturated heterocycles. The van der Waals surface area contributed by atoms with Crippen molar-refractivity contribution >= 4 is 56.8 Å². The third-order valence-corrected chi connectivity index (χ3v) is 6.79. The zero-order valence-electron chi connectivity index (χ0n) is 17.3. The van der Waals surface area contributed by atoms with E-state index < -0.39 is 11.8 Å². The Balaban J connectivity index is 1.74. The van der Waals surface area contributed by atoms with E-state index in [-0.39, 0.29) is 10.7 Å². The molecule has 2 aromatic rings. The van der Waals surface area contributed by atoms with Crippen LogP contribution in [0.2, 0.25) is 0 Å². The highest BCUT2D eigenvalue weighted by Gasteiger charge is 2.35. The Labute approximate surface area is 190 Å². The van der Waals surface area contributed by atoms with Gasteiger partial charge in [-0.15, -0.1) is 0 Å². The Morgan fingerprint density at radius 3 is 2.50 bits per heavy atom. The zero-order valence-corrected chi connectivity index (χ0v) is 19.7. The number of nitrogens with zero attached hydrogens (tertiary/aromatic N) is 2. The van der Waals surface area contributed by atoms with Crippen LogP contribution in [0.25, 0.3) is 6.08 Å². The molecule has 4 rings (SSSR count). The Bertz CT molecular complexity index is 1100. The number of hydrogen-bond acceptors (Lipinski definition) is 3. The van der Waals surface area contributed by atoms with Gasteiger partial charge in [0.05, 0.1) is 5.69 Å². The molecule has 1 aromatic heterocycles. The molecule has 2 fully saturated rings. The fourth-order valence-corrected chi connectivity index (χ4v) is 5.32. The van der Waals surface area contributed by atoms with Gasteiger partial charge in [-0.3, -0.25) is 19.8 Å². The number of amides is 2. The predicted molar refractivity (Wildman–Crippen MR) is 126 cm³/mol. The first-order valence-corrected chi connectivity index (χ1v) is 11.3. The molecule has 0 unspecified atom stereocenters. The van der Waals surface area contributed by atoms with Crippen molar-refractivity contribution in [1.82, 2.24) is 9.88 Å². The summed E-state index contributed by atoms with van der Waals surface area (Å²) in [6.07, 6.45) is 6.55. The normalized spacial score (nSPS) is 19.1. The van der Waals surface area contributed by atoms with Crippen molar-refractivity contribution in [2.24, 2.45) is 0 Å². The Morgan fingerprint density at radius 1 is 1.13 bits per heavy atom. The van der Waals surface area contributed by atoms with Crippen LogP contribution < -0.4 is 10.2 Å². The lowest BCUT2D eigenvalue weighted by Crippen LogP contribution is -2.54. The molecule has 5 nitrogen and oxygen atoms in total. The highest BCUT2D eigenvalue weighted by atomic mass is 79.9. The molecule has 30 heavy (non-hydrogen) atoms. The highest BCUT2D eigenvalue weighted by molar-refractivity contribution is 9.10. The number of aryl methyl sites for hydroxylation is 2. The third-order valence-electron chi connectivity index (χ3n) is 6.01. The number of carbonyl (C=O) groups is 2. The molecule has 2 heterocycles. The number of anilines is 1. The van der Waals surface area contributed by atoms with Crippen LogP contribution in [0.15, 0.2) is 34.3 Å². The summed E-state index contributed by atoms with van der Waals surface area (Å²) in [6, 6.07) is 8.16. The first-order valence-electron chi connectivity index (χ1n) is 10.1. The van der Waals surface area contributed by atoms with Gasteiger partial charge >= 0.3 is 0 Å². The summed E-state index contributed by atoms with van der Waals surface area (Å²) in [5, 5.41) is 2.78. The van der Waals surface area contributed by atoms with Crippen molar-refractivity contribution in [2.45, 2.75) is 52.5 Å². The van der Waals surface area contributed by atoms with Crippen molar-refractivity contribution in [2.75, 3.05) is 4.90 Å². The Hall–Kier alpha value is -2.25. The lowest BCUT2D eigenvalue weighted by molar-refractivity contribution is -0.122. The first kappa shape index (κ1) is 21.0. The minimum Gasteiger partial charge on any atom is -0.346 e. The van der Waals surface area contributed by atoms with E-state index in [1.807, 2.05) is 25.1 Å². The lowest BCUT2D eigenvalue weighted by atomic mass is 10.1. The van der Waals surface area contributed by atoms with E-state index in [1.54, 1.807) is 6.08 Å². The molecule has 1 aromatic carbocycles. The van der Waals surface area contributed by atoms with Crippen LogP contribution >= 0.6 is 28.1 Å². The lowest BCUT2D eigenvalue weighted by Gasteiger charge is -2.30. The largest absolute Gasteiger partial charge is 0.346 e. The molecule has 1 aliphatic carbocycles. The average Bonchev–Trinajstić information content (AvgIpc) is 3.28. The minimum atomic E-state index is -0.457. The molecule has 1 aliphatic heterocycles. The number of carbonyl (C=O) groups excluding carboxylic acids is 2. The van der Waals surface area contributed by atoms with Gasteiger partial charge in [-0.2, -0.15) is 0 Å². The summed E-state index contributed by atoms with van der Waals surface area (Å²) in [7, 11) is 0. The molecular formula is C23H24BrN3O2S. The van der Waals surface area contributed by atoms with E-state index in [9.17, 15) is 9.59 Å². The summed E-state index contributed by atoms with van der Waals surface area (Å²) in [4.78, 5) is 27.4. The molecule has 0 atom stereocenters. The van der Waals surface area contributed by atoms with E-state index in [0.717, 1.165) is 27.0 Å². The van der Waals surface area contributed by atoms with Crippen LogP contribution in [0, 0.1) is 20.8 Å². The van der Waals surface area contributed by atoms with Crippen LogP contribution in [0.1, 0.15) is 54.2 Å². The molecule has 156 valence electrons. The van der Waals surface area contributed by atoms with E-state index in [4.69, 9.17) is 12.2 Å². The molecule has 1 N–H and O–H groups in total. The number of thiocarbonyl (C=S) groups is 1. The maximum atomic E-state index is 13.3. The molecule has 0 spiro atoms. The van der Waals surface area contributed by atoms with Crippen LogP contribution in [-0.4, -0.2) is 21.5 Å². The van der Waals surface area contributed by atoms with Gasteiger partial charge in [0, 0.05) is 21.9 Å². The maximum Gasteiger partial charge on any atom is 0.270 e. The van der Waals surface area contributed by atoms with Crippen molar-refractivity contribution in [3.63, 3.8) is 0 Å². The average molecular weight is 486 g/mol. The van der Waals surface area contributed by atoms with E-state index in [1.165, 1.54) is 30.6 Å². The third kappa shape index (κ3) is 3.65. The fourth-order valence-electron chi connectivity index (χ4n) is 4.57. The van der Waals surface area contributed by atoms with Crippen LogP contribution in [-0.2, 0) is 9.59 Å². The van der Waals surface area contributed by atoms with E-state index in [2.05, 4.69) is 45.7 Å². The first-order chi connectivity index (χ1) is 14.3. The fraction of sp³-hybridized carbons (Fsp3) is 0.348. The summed E-state index contributed by atoms with van der Waals surface area (Å²) in [5.41, 5.74) is 4.79. The summed E-state index contributed by atoms with van der Waals surface area (Å²) in [5.74, 6) is -0.860. The van der Waals surface area contributed by atoms with Crippen molar-refractivity contribution in [3.8, 4) is 0 Å². The van der Waals surface area contributed by atoms with E-state index in [0.29, 0.717) is 11.7 Å². The second kappa shape index (κ2) is 8.12. The standard InChI is InChI=1S/C23H24BrN3O2S/c1-13-10-17(24)8-9-20(13)27-22(29)19(21(28)25-23(27)30)12-16-11-14(2)26(15(16)3)18-6-4-5-7-18/h8-12,18H,4-7H2,1-3H3,(H,25,28,30). The van der Waals surface area contributed by atoms with Crippen molar-refractivity contribution < 1.29 is 9.59 Å². The van der Waals surface area contributed by atoms with Gasteiger partial charge in [-0.05, 0) is 87.3 Å². The van der Waals surface area contributed by atoms with Gasteiger partial charge in [-0.1, -0.05) is 28.8 Å². The number of benzene rings is 1. The smallest absolute Gasteiger partial charge is 0.270 e. The Kier molecular flexibility index (Phi) is 5.68. The second-order valence-corrected chi connectivity index (χ2v) is 9.33. The molecule has 0 bridgehead atoms. The summed E-state index contributed by atoms with van der Waals surface area (Å²) >= 11 is 8.77. The maximum absolute atomic E-state index is 13.3. The highest BCUT2D eigenvalue weighted by Crippen LogP contribution is 2.34. The van der Waals surface area contributed by atoms with Crippen LogP contribution in [0.5, 0.6) is 0 Å². The SMILES string of the molecule is Cc1cc(Br)ccc1N1C(=O)C(=Cc2cc(C)n(C3CCCC3)c2C)C(=O)NC1=S. The summed E-state index contributed by atoms with van der Waals surface area (Å²) in [6.45, 7) is 6.05. The number of halogens is 1. The monoisotopic (exact) mass is 485 g/mol. The van der Waals surface area contributed by atoms with Gasteiger partial charge in [0.15, 0.2) is 5.11 Å². The number of nitrogens with one attached hydrogen (secondary N) is 1. The van der Waals surface area contributed by atoms with Crippen molar-refractivity contribution in [3.05, 3.63) is 56.8 Å². The molecule has 7 heteroatoms. The molecule has 2 amide bonds. The predicted octanol–water partition coefficient (Wildman–Crippen LogP) is 5.12. The molecular weight excluding hydrogens is 462 g/mol. The van der Waals surface area contributed by atoms with Crippen LogP contribution in [0.4, 0.5) is 5.69 Å². The van der Waals surface area contributed by atoms with E-state index >= 15 is 0 Å².